The van der Waals surface area contributed by atoms with Crippen LogP contribution in [0.5, 0.6) is 0 Å². The highest BCUT2D eigenvalue weighted by Gasteiger charge is 2.16. The van der Waals surface area contributed by atoms with Crippen LogP contribution in [0.4, 0.5) is 24.5 Å². The van der Waals surface area contributed by atoms with Crippen molar-refractivity contribution in [2.75, 3.05) is 10.6 Å². The first-order valence-corrected chi connectivity index (χ1v) is 9.02. The lowest BCUT2D eigenvalue weighted by Crippen LogP contribution is -2.17. The molecule has 7 nitrogen and oxygen atoms in total. The number of halogens is 3. The maximum absolute atomic E-state index is 13.8. The minimum absolute atomic E-state index is 0.0206. The average Bonchev–Trinajstić information content (AvgIpc) is 3.20. The summed E-state index contributed by atoms with van der Waals surface area (Å²) < 4.78 is 39.4. The van der Waals surface area contributed by atoms with Crippen LogP contribution in [0, 0.1) is 5.82 Å². The van der Waals surface area contributed by atoms with Crippen molar-refractivity contribution in [2.45, 2.75) is 6.43 Å². The molecule has 0 saturated carbocycles. The zero-order valence-corrected chi connectivity index (χ0v) is 15.7. The van der Waals surface area contributed by atoms with Gasteiger partial charge in [0.15, 0.2) is 5.82 Å². The van der Waals surface area contributed by atoms with Gasteiger partial charge in [-0.05, 0) is 48.5 Å². The molecule has 0 unspecified atom stereocenters. The third-order valence-electron chi connectivity index (χ3n) is 4.34. The van der Waals surface area contributed by atoms with Gasteiger partial charge in [-0.2, -0.15) is 0 Å². The molecule has 31 heavy (non-hydrogen) atoms. The van der Waals surface area contributed by atoms with Crippen molar-refractivity contribution in [1.29, 1.82) is 0 Å². The first kappa shape index (κ1) is 20.1. The smallest absolute Gasteiger partial charge is 0.295 e. The molecule has 0 bridgehead atoms. The number of anilines is 2. The van der Waals surface area contributed by atoms with Gasteiger partial charge in [-0.15, -0.1) is 0 Å². The minimum Gasteiger partial charge on any atom is -0.337 e. The van der Waals surface area contributed by atoms with Crippen LogP contribution in [0.1, 0.15) is 33.1 Å². The number of H-pyrrole nitrogens is 1. The lowest BCUT2D eigenvalue weighted by Gasteiger charge is -2.12. The highest BCUT2D eigenvalue weighted by Crippen LogP contribution is 2.25. The van der Waals surface area contributed by atoms with Gasteiger partial charge >= 0.3 is 0 Å². The van der Waals surface area contributed by atoms with Gasteiger partial charge in [0, 0.05) is 11.8 Å². The van der Waals surface area contributed by atoms with E-state index in [1.54, 1.807) is 12.1 Å². The summed E-state index contributed by atoms with van der Waals surface area (Å²) >= 11 is 0. The van der Waals surface area contributed by atoms with E-state index in [-0.39, 0.29) is 33.7 Å². The summed E-state index contributed by atoms with van der Waals surface area (Å²) in [4.78, 5) is 35.2. The molecule has 10 heteroatoms. The average molecular weight is 425 g/mol. The Morgan fingerprint density at radius 3 is 2.48 bits per heavy atom. The molecule has 0 aliphatic heterocycles. The number of pyridine rings is 1. The lowest BCUT2D eigenvalue weighted by molar-refractivity contribution is 0.101. The van der Waals surface area contributed by atoms with E-state index in [4.69, 9.17) is 0 Å². The predicted octanol–water partition coefficient (Wildman–Crippen LogP) is 4.54. The largest absolute Gasteiger partial charge is 0.337 e. The van der Waals surface area contributed by atoms with Gasteiger partial charge in [0.2, 0.25) is 0 Å². The van der Waals surface area contributed by atoms with Gasteiger partial charge in [-0.1, -0.05) is 6.07 Å². The van der Waals surface area contributed by atoms with Crippen LogP contribution in [-0.2, 0) is 0 Å². The normalized spacial score (nSPS) is 11.0. The molecule has 0 aliphatic rings. The topological polar surface area (TPSA) is 99.8 Å². The molecule has 4 aromatic rings. The molecule has 0 radical (unpaired) electrons. The Bertz CT molecular complexity index is 1270. The lowest BCUT2D eigenvalue weighted by atomic mass is 10.1. The number of rotatable bonds is 5. The van der Waals surface area contributed by atoms with Gasteiger partial charge in [0.25, 0.3) is 18.2 Å². The zero-order valence-electron chi connectivity index (χ0n) is 15.7. The molecule has 2 aromatic carbocycles. The van der Waals surface area contributed by atoms with Crippen molar-refractivity contribution in [3.8, 4) is 0 Å². The molecule has 2 aromatic heterocycles. The van der Waals surface area contributed by atoms with Crippen molar-refractivity contribution in [1.82, 2.24) is 15.0 Å². The van der Waals surface area contributed by atoms with Crippen LogP contribution in [0.15, 0.2) is 60.8 Å². The van der Waals surface area contributed by atoms with Crippen LogP contribution < -0.4 is 10.6 Å². The molecule has 156 valence electrons. The van der Waals surface area contributed by atoms with E-state index >= 15 is 0 Å². The Kier molecular flexibility index (Phi) is 5.35. The molecule has 4 rings (SSSR count). The van der Waals surface area contributed by atoms with Gasteiger partial charge in [0.05, 0.1) is 22.4 Å². The third-order valence-corrected chi connectivity index (χ3v) is 4.34. The second kappa shape index (κ2) is 8.27. The molecule has 2 amide bonds. The second-order valence-electron chi connectivity index (χ2n) is 6.47. The standard InChI is InChI=1S/C21H14F3N5O2/c22-12-5-7-14(28-21(31)15-3-1-2-8-25-15)17(10-12)29-20(30)11-4-6-13-16(9-11)27-19(26-13)18(23)24/h1-10,18H,(H,26,27)(H,28,31)(H,29,30). The van der Waals surface area contributed by atoms with Crippen molar-refractivity contribution in [2.24, 2.45) is 0 Å². The fourth-order valence-corrected chi connectivity index (χ4v) is 2.88. The Hall–Kier alpha value is -4.21. The summed E-state index contributed by atoms with van der Waals surface area (Å²) in [6, 6.07) is 12.5. The summed E-state index contributed by atoms with van der Waals surface area (Å²) in [5.41, 5.74) is 0.985. The van der Waals surface area contributed by atoms with Gasteiger partial charge in [-0.3, -0.25) is 14.6 Å². The number of hydrogen-bond acceptors (Lipinski definition) is 4. The number of aromatic nitrogens is 3. The molecule has 0 fully saturated rings. The molecule has 2 heterocycles. The second-order valence-corrected chi connectivity index (χ2v) is 6.47. The number of carbonyl (C=O) groups excluding carboxylic acids is 2. The molecular weight excluding hydrogens is 411 g/mol. The van der Waals surface area contributed by atoms with E-state index < -0.39 is 29.9 Å². The molecule has 3 N–H and O–H groups in total. The van der Waals surface area contributed by atoms with Gasteiger partial charge in [0.1, 0.15) is 11.5 Å². The predicted molar refractivity (Wildman–Crippen MR) is 108 cm³/mol. The van der Waals surface area contributed by atoms with Gasteiger partial charge < -0.3 is 15.6 Å². The van der Waals surface area contributed by atoms with Crippen molar-refractivity contribution >= 4 is 34.2 Å². The van der Waals surface area contributed by atoms with E-state index in [0.29, 0.717) is 0 Å². The van der Waals surface area contributed by atoms with Crippen LogP contribution in [-0.4, -0.2) is 26.8 Å². The molecule has 0 aliphatic carbocycles. The van der Waals surface area contributed by atoms with Crippen LogP contribution in [0.25, 0.3) is 11.0 Å². The fraction of sp³-hybridized carbons (Fsp3) is 0.0476. The van der Waals surface area contributed by atoms with Crippen LogP contribution in [0.2, 0.25) is 0 Å². The summed E-state index contributed by atoms with van der Waals surface area (Å²) in [7, 11) is 0. The Morgan fingerprint density at radius 2 is 1.74 bits per heavy atom. The number of imidazole rings is 1. The van der Waals surface area contributed by atoms with E-state index in [0.717, 1.165) is 12.1 Å². The third kappa shape index (κ3) is 4.37. The van der Waals surface area contributed by atoms with Crippen LogP contribution >= 0.6 is 0 Å². The summed E-state index contributed by atoms with van der Waals surface area (Å²) in [6.07, 6.45) is -1.32. The number of benzene rings is 2. The van der Waals surface area contributed by atoms with Crippen molar-refractivity contribution in [3.05, 3.63) is 83.7 Å². The number of amides is 2. The number of hydrogen-bond donors (Lipinski definition) is 3. The summed E-state index contributed by atoms with van der Waals surface area (Å²) in [5.74, 6) is -2.30. The maximum Gasteiger partial charge on any atom is 0.295 e. The number of aromatic amines is 1. The van der Waals surface area contributed by atoms with Gasteiger partial charge in [-0.25, -0.2) is 18.2 Å². The maximum atomic E-state index is 13.8. The van der Waals surface area contributed by atoms with Crippen molar-refractivity contribution < 1.29 is 22.8 Å². The van der Waals surface area contributed by atoms with Crippen LogP contribution in [0.3, 0.4) is 0 Å². The number of carbonyl (C=O) groups is 2. The molecular formula is C21H14F3N5O2. The zero-order chi connectivity index (χ0) is 22.0. The summed E-state index contributed by atoms with van der Waals surface area (Å²) in [6.45, 7) is 0. The SMILES string of the molecule is O=C(Nc1cc(F)ccc1NC(=O)c1ccccn1)c1ccc2nc(C(F)F)[nH]c2c1. The van der Waals surface area contributed by atoms with E-state index in [2.05, 4.69) is 25.6 Å². The Morgan fingerprint density at radius 1 is 0.935 bits per heavy atom. The number of nitrogens with one attached hydrogen (secondary N) is 3. The molecule has 0 saturated heterocycles. The number of fused-ring (bicyclic) bond motifs is 1. The molecule has 0 atom stereocenters. The highest BCUT2D eigenvalue weighted by molar-refractivity contribution is 6.10. The van der Waals surface area contributed by atoms with E-state index in [9.17, 15) is 22.8 Å². The fourth-order valence-electron chi connectivity index (χ4n) is 2.88. The van der Waals surface area contributed by atoms with E-state index in [1.807, 2.05) is 0 Å². The Labute approximate surface area is 173 Å². The van der Waals surface area contributed by atoms with Crippen molar-refractivity contribution in [3.63, 3.8) is 0 Å². The first-order valence-electron chi connectivity index (χ1n) is 9.02. The Balaban J connectivity index is 1.58. The molecule has 0 spiro atoms. The summed E-state index contributed by atoms with van der Waals surface area (Å²) in [5, 5.41) is 5.10. The van der Waals surface area contributed by atoms with E-state index in [1.165, 1.54) is 36.5 Å². The number of nitrogens with zero attached hydrogens (tertiary/aromatic N) is 2. The quantitative estimate of drug-likeness (QED) is 0.437. The number of alkyl halides is 2. The minimum atomic E-state index is -2.78. The monoisotopic (exact) mass is 425 g/mol. The highest BCUT2D eigenvalue weighted by atomic mass is 19.3. The first-order chi connectivity index (χ1) is 14.9.